The molecule has 2 nitrogen and oxygen atoms in total. The maximum absolute atomic E-state index is 9.15. The third kappa shape index (κ3) is 4.84. The van der Waals surface area contributed by atoms with Crippen molar-refractivity contribution in [2.24, 2.45) is 5.92 Å². The number of ether oxygens (including phenoxy) is 1. The Kier molecular flexibility index (Phi) is 5.78. The molecule has 0 aromatic heterocycles. The van der Waals surface area contributed by atoms with E-state index in [1.165, 1.54) is 11.1 Å². The van der Waals surface area contributed by atoms with E-state index in [1.807, 2.05) is 18.2 Å². The Morgan fingerprint density at radius 2 is 1.71 bits per heavy atom. The normalized spacial score (nSPS) is 10.9. The zero-order valence-corrected chi connectivity index (χ0v) is 13.8. The SMILES string of the molecule is CC(C)Cc1ccc(COc2ccc(CO)c(P)c2)cc1. The summed E-state index contributed by atoms with van der Waals surface area (Å²) in [5, 5.41) is 10.1. The van der Waals surface area contributed by atoms with Gasteiger partial charge in [-0.2, -0.15) is 0 Å². The first-order valence-electron chi connectivity index (χ1n) is 7.28. The van der Waals surface area contributed by atoms with Gasteiger partial charge in [0.1, 0.15) is 12.4 Å². The third-order valence-electron chi connectivity index (χ3n) is 3.36. The van der Waals surface area contributed by atoms with Crippen LogP contribution in [0.4, 0.5) is 0 Å². The molecule has 0 bridgehead atoms. The predicted molar refractivity (Wildman–Crippen MR) is 91.0 cm³/mol. The average molecular weight is 302 g/mol. The molecule has 0 aliphatic carbocycles. The Balaban J connectivity index is 1.95. The highest BCUT2D eigenvalue weighted by Crippen LogP contribution is 2.16. The second kappa shape index (κ2) is 7.59. The van der Waals surface area contributed by atoms with Crippen LogP contribution >= 0.6 is 9.24 Å². The summed E-state index contributed by atoms with van der Waals surface area (Å²) >= 11 is 0. The van der Waals surface area contributed by atoms with Gasteiger partial charge >= 0.3 is 0 Å². The third-order valence-corrected chi connectivity index (χ3v) is 3.90. The van der Waals surface area contributed by atoms with E-state index in [-0.39, 0.29) is 6.61 Å². The van der Waals surface area contributed by atoms with E-state index in [4.69, 9.17) is 9.84 Å². The van der Waals surface area contributed by atoms with Crippen LogP contribution in [0, 0.1) is 5.92 Å². The molecular weight excluding hydrogens is 279 g/mol. The fourth-order valence-corrected chi connectivity index (χ4v) is 2.57. The summed E-state index contributed by atoms with van der Waals surface area (Å²) < 4.78 is 5.80. The summed E-state index contributed by atoms with van der Waals surface area (Å²) in [7, 11) is 2.63. The van der Waals surface area contributed by atoms with Crippen LogP contribution < -0.4 is 10.0 Å². The first-order chi connectivity index (χ1) is 10.1. The van der Waals surface area contributed by atoms with Crippen LogP contribution in [0.3, 0.4) is 0 Å². The van der Waals surface area contributed by atoms with Gasteiger partial charge in [0.25, 0.3) is 0 Å². The lowest BCUT2D eigenvalue weighted by Crippen LogP contribution is -2.03. The molecule has 112 valence electrons. The van der Waals surface area contributed by atoms with Crippen molar-refractivity contribution < 1.29 is 9.84 Å². The number of aliphatic hydroxyl groups excluding tert-OH is 1. The second-order valence-corrected chi connectivity index (χ2v) is 6.34. The maximum Gasteiger partial charge on any atom is 0.120 e. The summed E-state index contributed by atoms with van der Waals surface area (Å²) in [5.41, 5.74) is 3.44. The number of hydrogen-bond donors (Lipinski definition) is 1. The van der Waals surface area contributed by atoms with Gasteiger partial charge in [-0.15, -0.1) is 9.24 Å². The van der Waals surface area contributed by atoms with Crippen molar-refractivity contribution in [3.05, 3.63) is 59.2 Å². The molecule has 0 saturated carbocycles. The minimum Gasteiger partial charge on any atom is -0.489 e. The van der Waals surface area contributed by atoms with E-state index in [0.717, 1.165) is 23.0 Å². The van der Waals surface area contributed by atoms with Crippen LogP contribution in [0.1, 0.15) is 30.5 Å². The van der Waals surface area contributed by atoms with Crippen molar-refractivity contribution >= 4 is 14.5 Å². The van der Waals surface area contributed by atoms with E-state index in [9.17, 15) is 0 Å². The van der Waals surface area contributed by atoms with Gasteiger partial charge in [0.05, 0.1) is 6.61 Å². The van der Waals surface area contributed by atoms with Gasteiger partial charge in [0.15, 0.2) is 0 Å². The number of hydrogen-bond acceptors (Lipinski definition) is 2. The van der Waals surface area contributed by atoms with E-state index in [1.54, 1.807) is 0 Å². The second-order valence-electron chi connectivity index (χ2n) is 5.72. The van der Waals surface area contributed by atoms with Crippen molar-refractivity contribution in [1.82, 2.24) is 0 Å². The Morgan fingerprint density at radius 3 is 2.29 bits per heavy atom. The van der Waals surface area contributed by atoms with Gasteiger partial charge in [-0.1, -0.05) is 44.2 Å². The molecule has 0 aliphatic heterocycles. The minimum atomic E-state index is 0.0520. The van der Waals surface area contributed by atoms with Crippen molar-refractivity contribution in [2.45, 2.75) is 33.5 Å². The highest BCUT2D eigenvalue weighted by atomic mass is 31.0. The fourth-order valence-electron chi connectivity index (χ4n) is 2.22. The number of aliphatic hydroxyl groups is 1. The molecule has 2 aromatic carbocycles. The van der Waals surface area contributed by atoms with Crippen LogP contribution in [0.15, 0.2) is 42.5 Å². The van der Waals surface area contributed by atoms with E-state index >= 15 is 0 Å². The molecule has 1 N–H and O–H groups in total. The summed E-state index contributed by atoms with van der Waals surface area (Å²) in [6, 6.07) is 14.3. The molecule has 0 amide bonds. The molecular formula is C18H23O2P. The standard InChI is InChI=1S/C18H23O2P/c1-13(2)9-14-3-5-15(6-4-14)12-20-17-8-7-16(11-19)18(21)10-17/h3-8,10,13,19H,9,11-12,21H2,1-2H3. The lowest BCUT2D eigenvalue weighted by Gasteiger charge is -2.10. The van der Waals surface area contributed by atoms with Crippen molar-refractivity contribution in [2.75, 3.05) is 0 Å². The molecule has 2 aromatic rings. The minimum absolute atomic E-state index is 0.0520. The Bertz CT molecular complexity index is 576. The molecule has 1 atom stereocenters. The summed E-state index contributed by atoms with van der Waals surface area (Å²) in [5.74, 6) is 1.50. The molecule has 3 heteroatoms. The van der Waals surface area contributed by atoms with Crippen molar-refractivity contribution in [1.29, 1.82) is 0 Å². The molecule has 0 fully saturated rings. The first-order valence-corrected chi connectivity index (χ1v) is 7.86. The van der Waals surface area contributed by atoms with Crippen LogP contribution in [-0.2, 0) is 19.6 Å². The van der Waals surface area contributed by atoms with Gasteiger partial charge < -0.3 is 9.84 Å². The zero-order chi connectivity index (χ0) is 15.2. The highest BCUT2D eigenvalue weighted by Gasteiger charge is 2.02. The molecule has 0 saturated heterocycles. The smallest absolute Gasteiger partial charge is 0.120 e. The Hall–Kier alpha value is -1.37. The van der Waals surface area contributed by atoms with Gasteiger partial charge in [0, 0.05) is 0 Å². The van der Waals surface area contributed by atoms with Gasteiger partial charge in [0.2, 0.25) is 0 Å². The molecule has 0 spiro atoms. The molecule has 2 rings (SSSR count). The number of rotatable bonds is 6. The van der Waals surface area contributed by atoms with Gasteiger partial charge in [-0.3, -0.25) is 0 Å². The quantitative estimate of drug-likeness (QED) is 0.828. The van der Waals surface area contributed by atoms with Gasteiger partial charge in [-0.05, 0) is 46.5 Å². The van der Waals surface area contributed by atoms with Crippen molar-refractivity contribution in [3.8, 4) is 5.75 Å². The highest BCUT2D eigenvalue weighted by molar-refractivity contribution is 7.27. The lowest BCUT2D eigenvalue weighted by molar-refractivity contribution is 0.282. The Morgan fingerprint density at radius 1 is 1.05 bits per heavy atom. The monoisotopic (exact) mass is 302 g/mol. The molecule has 0 aliphatic rings. The Labute approximate surface area is 129 Å². The average Bonchev–Trinajstić information content (AvgIpc) is 2.46. The van der Waals surface area contributed by atoms with Gasteiger partial charge in [-0.25, -0.2) is 0 Å². The van der Waals surface area contributed by atoms with Crippen molar-refractivity contribution in [3.63, 3.8) is 0 Å². The molecule has 1 unspecified atom stereocenters. The largest absolute Gasteiger partial charge is 0.489 e. The van der Waals surface area contributed by atoms with E-state index in [2.05, 4.69) is 47.4 Å². The van der Waals surface area contributed by atoms with E-state index < -0.39 is 0 Å². The lowest BCUT2D eigenvalue weighted by atomic mass is 10.0. The maximum atomic E-state index is 9.15. The van der Waals surface area contributed by atoms with Crippen LogP contribution in [0.2, 0.25) is 0 Å². The van der Waals surface area contributed by atoms with E-state index in [0.29, 0.717) is 12.5 Å². The zero-order valence-electron chi connectivity index (χ0n) is 12.7. The van der Waals surface area contributed by atoms with Crippen LogP contribution in [0.5, 0.6) is 5.75 Å². The molecule has 21 heavy (non-hydrogen) atoms. The summed E-state index contributed by atoms with van der Waals surface area (Å²) in [4.78, 5) is 0. The topological polar surface area (TPSA) is 29.5 Å². The van der Waals surface area contributed by atoms with Crippen LogP contribution in [0.25, 0.3) is 0 Å². The predicted octanol–water partition coefficient (Wildman–Crippen LogP) is 3.46. The fraction of sp³-hybridized carbons (Fsp3) is 0.333. The number of benzene rings is 2. The summed E-state index contributed by atoms with van der Waals surface area (Å²) in [6.45, 7) is 5.07. The molecule has 0 heterocycles. The first kappa shape index (κ1) is 16.0. The molecule has 0 radical (unpaired) electrons. The summed E-state index contributed by atoms with van der Waals surface area (Å²) in [6.07, 6.45) is 1.11. The van der Waals surface area contributed by atoms with Crippen LogP contribution in [-0.4, -0.2) is 5.11 Å².